The van der Waals surface area contributed by atoms with E-state index < -0.39 is 0 Å². The number of amides is 1. The van der Waals surface area contributed by atoms with E-state index >= 15 is 0 Å². The molecule has 35 heavy (non-hydrogen) atoms. The van der Waals surface area contributed by atoms with Gasteiger partial charge in [0.15, 0.2) is 0 Å². The van der Waals surface area contributed by atoms with Crippen LogP contribution in [-0.2, 0) is 13.0 Å². The van der Waals surface area contributed by atoms with Gasteiger partial charge in [-0.05, 0) is 67.8 Å². The number of methoxy groups -OCH3 is 1. The number of benzene rings is 3. The molecule has 0 saturated heterocycles. The van der Waals surface area contributed by atoms with Crippen LogP contribution in [0, 0.1) is 6.92 Å². The van der Waals surface area contributed by atoms with E-state index in [0.29, 0.717) is 24.5 Å². The quantitative estimate of drug-likeness (QED) is 0.274. The van der Waals surface area contributed by atoms with Gasteiger partial charge in [0, 0.05) is 18.5 Å². The Balaban J connectivity index is 1.26. The maximum Gasteiger partial charge on any atom is 0.251 e. The molecular formula is C29H33N3O3. The van der Waals surface area contributed by atoms with E-state index in [4.69, 9.17) is 14.5 Å². The summed E-state index contributed by atoms with van der Waals surface area (Å²) in [7, 11) is 1.60. The predicted octanol–water partition coefficient (Wildman–Crippen LogP) is 5.58. The fourth-order valence-electron chi connectivity index (χ4n) is 4.18. The molecule has 4 rings (SSSR count). The number of nitrogens with one attached hydrogen (secondary N) is 1. The zero-order valence-corrected chi connectivity index (χ0v) is 20.5. The standard InChI is InChI=1S/C29H33N3O3/c1-22-10-8-13-25(20-22)35-19-18-32-27-15-6-5-14-26(27)31-28(32)16-4-3-7-17-30-29(33)23-11-9-12-24(21-23)34-2/h5-6,8-15,20-21H,3-4,7,16-19H2,1-2H3,(H,30,33). The number of aryl methyl sites for hydroxylation is 2. The summed E-state index contributed by atoms with van der Waals surface area (Å²) in [6.45, 7) is 4.06. The van der Waals surface area contributed by atoms with Crippen molar-refractivity contribution in [2.24, 2.45) is 0 Å². The third kappa shape index (κ3) is 6.63. The van der Waals surface area contributed by atoms with Crippen molar-refractivity contribution >= 4 is 16.9 Å². The van der Waals surface area contributed by atoms with Crippen LogP contribution in [0.4, 0.5) is 0 Å². The van der Waals surface area contributed by atoms with Gasteiger partial charge in [-0.2, -0.15) is 0 Å². The molecule has 0 unspecified atom stereocenters. The van der Waals surface area contributed by atoms with Gasteiger partial charge in [0.25, 0.3) is 5.91 Å². The lowest BCUT2D eigenvalue weighted by molar-refractivity contribution is 0.0952. The average Bonchev–Trinajstić information content (AvgIpc) is 3.23. The summed E-state index contributed by atoms with van der Waals surface area (Å²) in [5.74, 6) is 2.59. The van der Waals surface area contributed by atoms with Crippen LogP contribution in [0.3, 0.4) is 0 Å². The predicted molar refractivity (Wildman–Crippen MR) is 139 cm³/mol. The molecule has 0 fully saturated rings. The Morgan fingerprint density at radius 1 is 0.943 bits per heavy atom. The van der Waals surface area contributed by atoms with Gasteiger partial charge in [0.1, 0.15) is 23.9 Å². The van der Waals surface area contributed by atoms with Crippen LogP contribution in [0.25, 0.3) is 11.0 Å². The molecule has 6 heteroatoms. The lowest BCUT2D eigenvalue weighted by atomic mass is 10.1. The van der Waals surface area contributed by atoms with E-state index in [1.807, 2.05) is 30.3 Å². The van der Waals surface area contributed by atoms with Gasteiger partial charge in [-0.3, -0.25) is 4.79 Å². The highest BCUT2D eigenvalue weighted by atomic mass is 16.5. The van der Waals surface area contributed by atoms with Crippen LogP contribution >= 0.6 is 0 Å². The van der Waals surface area contributed by atoms with Gasteiger partial charge >= 0.3 is 0 Å². The molecule has 0 radical (unpaired) electrons. The number of nitrogens with zero attached hydrogens (tertiary/aromatic N) is 2. The van der Waals surface area contributed by atoms with Crippen molar-refractivity contribution < 1.29 is 14.3 Å². The van der Waals surface area contributed by atoms with Gasteiger partial charge in [-0.25, -0.2) is 4.98 Å². The molecule has 182 valence electrons. The topological polar surface area (TPSA) is 65.4 Å². The van der Waals surface area contributed by atoms with Crippen molar-refractivity contribution in [3.05, 3.63) is 89.7 Å². The molecule has 0 spiro atoms. The minimum atomic E-state index is -0.0701. The largest absolute Gasteiger partial charge is 0.497 e. The van der Waals surface area contributed by atoms with Crippen molar-refractivity contribution in [1.82, 2.24) is 14.9 Å². The van der Waals surface area contributed by atoms with Crippen molar-refractivity contribution in [1.29, 1.82) is 0 Å². The molecule has 1 aromatic heterocycles. The summed E-state index contributed by atoms with van der Waals surface area (Å²) in [5.41, 5.74) is 3.96. The van der Waals surface area contributed by atoms with Crippen LogP contribution in [-0.4, -0.2) is 35.7 Å². The Morgan fingerprint density at radius 3 is 2.63 bits per heavy atom. The van der Waals surface area contributed by atoms with E-state index in [0.717, 1.165) is 54.8 Å². The highest BCUT2D eigenvalue weighted by Crippen LogP contribution is 2.19. The lowest BCUT2D eigenvalue weighted by Crippen LogP contribution is -2.24. The Morgan fingerprint density at radius 2 is 1.77 bits per heavy atom. The number of aromatic nitrogens is 2. The molecule has 6 nitrogen and oxygen atoms in total. The van der Waals surface area contributed by atoms with Gasteiger partial charge in [-0.1, -0.05) is 36.8 Å². The second kappa shape index (κ2) is 12.1. The summed E-state index contributed by atoms with van der Waals surface area (Å²) >= 11 is 0. The molecule has 0 atom stereocenters. The second-order valence-electron chi connectivity index (χ2n) is 8.63. The van der Waals surface area contributed by atoms with Gasteiger partial charge in [-0.15, -0.1) is 0 Å². The summed E-state index contributed by atoms with van der Waals surface area (Å²) < 4.78 is 13.5. The first-order valence-corrected chi connectivity index (χ1v) is 12.2. The number of fused-ring (bicyclic) bond motifs is 1. The molecule has 0 aliphatic heterocycles. The van der Waals surface area contributed by atoms with Crippen LogP contribution in [0.1, 0.15) is 41.0 Å². The number of imidazole rings is 1. The third-order valence-corrected chi connectivity index (χ3v) is 6.00. The molecule has 4 aromatic rings. The molecule has 0 aliphatic rings. The molecule has 0 saturated carbocycles. The molecule has 1 N–H and O–H groups in total. The number of carbonyl (C=O) groups excluding carboxylic acids is 1. The summed E-state index contributed by atoms with van der Waals surface area (Å²) in [4.78, 5) is 17.2. The lowest BCUT2D eigenvalue weighted by Gasteiger charge is -2.11. The highest BCUT2D eigenvalue weighted by molar-refractivity contribution is 5.94. The zero-order valence-electron chi connectivity index (χ0n) is 20.5. The SMILES string of the molecule is COc1cccc(C(=O)NCCCCCc2nc3ccccc3n2CCOc2cccc(C)c2)c1. The Kier molecular flexibility index (Phi) is 8.39. The minimum absolute atomic E-state index is 0.0701. The number of para-hydroxylation sites is 2. The second-order valence-corrected chi connectivity index (χ2v) is 8.63. The van der Waals surface area contributed by atoms with Crippen LogP contribution in [0.5, 0.6) is 11.5 Å². The number of hydrogen-bond acceptors (Lipinski definition) is 4. The van der Waals surface area contributed by atoms with E-state index in [9.17, 15) is 4.79 Å². The minimum Gasteiger partial charge on any atom is -0.497 e. The molecule has 0 bridgehead atoms. The summed E-state index contributed by atoms with van der Waals surface area (Å²) in [5, 5.41) is 3.00. The van der Waals surface area contributed by atoms with Crippen molar-refractivity contribution in [3.8, 4) is 11.5 Å². The van der Waals surface area contributed by atoms with Gasteiger partial charge in [0.05, 0.1) is 24.7 Å². The summed E-state index contributed by atoms with van der Waals surface area (Å²) in [6.07, 6.45) is 3.84. The number of ether oxygens (including phenoxy) is 2. The van der Waals surface area contributed by atoms with Crippen molar-refractivity contribution in [3.63, 3.8) is 0 Å². The fraction of sp³-hybridized carbons (Fsp3) is 0.310. The first-order valence-electron chi connectivity index (χ1n) is 12.2. The fourth-order valence-corrected chi connectivity index (χ4v) is 4.18. The first kappa shape index (κ1) is 24.3. The van der Waals surface area contributed by atoms with Crippen LogP contribution in [0.2, 0.25) is 0 Å². The number of hydrogen-bond donors (Lipinski definition) is 1. The maximum atomic E-state index is 12.3. The Hall–Kier alpha value is -3.80. The molecule has 1 heterocycles. The zero-order chi connectivity index (χ0) is 24.5. The van der Waals surface area contributed by atoms with Crippen molar-refractivity contribution in [2.45, 2.75) is 39.2 Å². The normalized spacial score (nSPS) is 10.9. The number of rotatable bonds is 12. The highest BCUT2D eigenvalue weighted by Gasteiger charge is 2.11. The average molecular weight is 472 g/mol. The van der Waals surface area contributed by atoms with Gasteiger partial charge < -0.3 is 19.4 Å². The maximum absolute atomic E-state index is 12.3. The van der Waals surface area contributed by atoms with Crippen molar-refractivity contribution in [2.75, 3.05) is 20.3 Å². The van der Waals surface area contributed by atoms with Crippen LogP contribution < -0.4 is 14.8 Å². The molecular weight excluding hydrogens is 438 g/mol. The summed E-state index contributed by atoms with van der Waals surface area (Å²) in [6, 6.07) is 23.6. The molecule has 3 aromatic carbocycles. The molecule has 0 aliphatic carbocycles. The van der Waals surface area contributed by atoms with E-state index in [-0.39, 0.29) is 5.91 Å². The van der Waals surface area contributed by atoms with E-state index in [2.05, 4.69) is 47.1 Å². The van der Waals surface area contributed by atoms with Gasteiger partial charge in [0.2, 0.25) is 0 Å². The van der Waals surface area contributed by atoms with E-state index in [1.165, 1.54) is 5.56 Å². The Labute approximate surface area is 206 Å². The number of unbranched alkanes of at least 4 members (excludes halogenated alkanes) is 2. The third-order valence-electron chi connectivity index (χ3n) is 6.00. The Bertz CT molecular complexity index is 1270. The molecule has 1 amide bonds. The van der Waals surface area contributed by atoms with Crippen LogP contribution in [0.15, 0.2) is 72.8 Å². The number of carbonyl (C=O) groups is 1. The first-order chi connectivity index (χ1) is 17.1. The van der Waals surface area contributed by atoms with E-state index in [1.54, 1.807) is 19.2 Å². The monoisotopic (exact) mass is 471 g/mol. The smallest absolute Gasteiger partial charge is 0.251 e.